The third kappa shape index (κ3) is 8.90. The van der Waals surface area contributed by atoms with Crippen molar-refractivity contribution in [3.63, 3.8) is 0 Å². The molecule has 5 rings (SSSR count). The van der Waals surface area contributed by atoms with Gasteiger partial charge in [-0.1, -0.05) is 24.0 Å². The maximum absolute atomic E-state index is 15.0. The van der Waals surface area contributed by atoms with E-state index in [1.54, 1.807) is 54.4 Å². The topological polar surface area (TPSA) is 162 Å². The van der Waals surface area contributed by atoms with Gasteiger partial charge in [-0.25, -0.2) is 4.39 Å². The van der Waals surface area contributed by atoms with Crippen LogP contribution in [-0.4, -0.2) is 78.8 Å². The number of amides is 3. The lowest BCUT2D eigenvalue weighted by molar-refractivity contribution is -0.137. The highest BCUT2D eigenvalue weighted by molar-refractivity contribution is 6.00. The van der Waals surface area contributed by atoms with E-state index in [2.05, 4.69) is 39.8 Å². The van der Waals surface area contributed by atoms with E-state index in [0.29, 0.717) is 40.5 Å². The zero-order valence-corrected chi connectivity index (χ0v) is 26.9. The van der Waals surface area contributed by atoms with Crippen LogP contribution in [0.1, 0.15) is 75.7 Å². The number of carbonyl (C=O) groups excluding carboxylic acids is 4. The molecule has 0 aliphatic carbocycles. The predicted octanol–water partition coefficient (Wildman–Crippen LogP) is 3.67. The Morgan fingerprint density at radius 3 is 2.58 bits per heavy atom. The number of likely N-dealkylation sites (N-methyl/N-ethyl adjacent to an activating group) is 1. The highest BCUT2D eigenvalue weighted by atomic mass is 19.1. The van der Waals surface area contributed by atoms with Gasteiger partial charge in [-0.2, -0.15) is 0 Å². The molecule has 0 bridgehead atoms. The molecule has 2 aliphatic heterocycles. The average Bonchev–Trinajstić information content (AvgIpc) is 3.68. The molecule has 1 aromatic heterocycles. The maximum atomic E-state index is 15.0. The summed E-state index contributed by atoms with van der Waals surface area (Å²) >= 11 is 0. The van der Waals surface area contributed by atoms with E-state index < -0.39 is 11.9 Å². The number of aldehydes is 1. The molecule has 0 saturated carbocycles. The highest BCUT2D eigenvalue weighted by Crippen LogP contribution is 2.31. The molecule has 250 valence electrons. The van der Waals surface area contributed by atoms with Crippen molar-refractivity contribution in [1.82, 2.24) is 20.1 Å². The summed E-state index contributed by atoms with van der Waals surface area (Å²) in [4.78, 5) is 51.7. The molecule has 2 saturated heterocycles. The third-order valence-electron chi connectivity index (χ3n) is 8.36. The number of imide groups is 1. The van der Waals surface area contributed by atoms with Crippen LogP contribution >= 0.6 is 0 Å². The number of nitrogens with two attached hydrogens (primary N) is 1. The number of aromatic nitrogens is 1. The molecule has 2 atom stereocenters. The molecule has 0 radical (unpaired) electrons. The molecular weight excluding hydrogens is 615 g/mol. The van der Waals surface area contributed by atoms with Crippen LogP contribution < -0.4 is 15.8 Å². The fourth-order valence-electron chi connectivity index (χ4n) is 5.88. The van der Waals surface area contributed by atoms with Gasteiger partial charge in [0.15, 0.2) is 0 Å². The normalized spacial score (nSPS) is 17.7. The second-order valence-electron chi connectivity index (χ2n) is 11.5. The molecule has 5 N–H and O–H groups in total. The summed E-state index contributed by atoms with van der Waals surface area (Å²) in [7, 11) is 3.86. The number of H-pyrrole nitrogens is 1. The SMILES string of the molecule is CN(Cc1c(C#CCOc2ccc(/C=C/c3[nH]c(C4CCCN4C)cc3C=N)c(F)c2)cccc1C=O)C1CCC(=O)NC1=O.NC=O. The van der Waals surface area contributed by atoms with Crippen LogP contribution in [0, 0.1) is 23.1 Å². The van der Waals surface area contributed by atoms with Crippen molar-refractivity contribution in [2.45, 2.75) is 44.3 Å². The second kappa shape index (κ2) is 17.0. The number of halogens is 1. The van der Waals surface area contributed by atoms with Crippen molar-refractivity contribution in [2.75, 3.05) is 27.2 Å². The van der Waals surface area contributed by atoms with Gasteiger partial charge in [0.05, 0.1) is 6.04 Å². The first-order valence-corrected chi connectivity index (χ1v) is 15.5. The minimum atomic E-state index is -0.489. The number of hydrogen-bond acceptors (Lipinski definition) is 8. The Morgan fingerprint density at radius 2 is 1.92 bits per heavy atom. The van der Waals surface area contributed by atoms with Crippen LogP contribution in [-0.2, 0) is 20.9 Å². The van der Waals surface area contributed by atoms with Crippen LogP contribution in [0.5, 0.6) is 5.75 Å². The van der Waals surface area contributed by atoms with Crippen LogP contribution in [0.4, 0.5) is 4.39 Å². The van der Waals surface area contributed by atoms with E-state index in [0.717, 1.165) is 42.6 Å². The van der Waals surface area contributed by atoms with Crippen LogP contribution in [0.15, 0.2) is 42.5 Å². The van der Waals surface area contributed by atoms with Crippen LogP contribution in [0.3, 0.4) is 0 Å². The molecule has 3 amide bonds. The molecule has 3 heterocycles. The summed E-state index contributed by atoms with van der Waals surface area (Å²) < 4.78 is 20.6. The standard InChI is InChI=1S/C35H36FN5O4.CH3NO/c1-40-16-4-9-32(40)31-18-26(20-37)30(38-31)13-11-24-10-12-27(19-29(24)36)45-17-5-8-23-6-3-7-25(22-42)28(23)21-41(2)33-14-15-34(43)39-35(33)44;2-1-3/h3,6-7,10-13,18-20,22,32-33,37-38H,4,9,14-17,21H2,1-2H3,(H,39,43,44);1H,(H2,2,3)/b13-11+,37-20?;. The van der Waals surface area contributed by atoms with Crippen LogP contribution in [0.25, 0.3) is 12.2 Å². The summed E-state index contributed by atoms with van der Waals surface area (Å²) in [6, 6.07) is 11.6. The summed E-state index contributed by atoms with van der Waals surface area (Å²) in [6.07, 6.45) is 8.62. The number of likely N-dealkylation sites (tertiary alicyclic amines) is 1. The maximum Gasteiger partial charge on any atom is 0.243 e. The van der Waals surface area contributed by atoms with Gasteiger partial charge in [-0.05, 0) is 81.9 Å². The number of piperidine rings is 1. The van der Waals surface area contributed by atoms with Gasteiger partial charge in [-0.15, -0.1) is 0 Å². The Morgan fingerprint density at radius 1 is 1.12 bits per heavy atom. The number of primary amides is 1. The summed E-state index contributed by atoms with van der Waals surface area (Å²) in [5.41, 5.74) is 8.87. The van der Waals surface area contributed by atoms with Crippen LogP contribution in [0.2, 0.25) is 0 Å². The molecule has 12 heteroatoms. The molecule has 0 spiro atoms. The van der Waals surface area contributed by atoms with Gasteiger partial charge in [0, 0.05) is 64.9 Å². The number of hydrogen-bond donors (Lipinski definition) is 4. The monoisotopic (exact) mass is 654 g/mol. The molecule has 3 aromatic rings. The van der Waals surface area contributed by atoms with Gasteiger partial charge in [0.2, 0.25) is 18.2 Å². The number of nitrogens with zero attached hydrogens (tertiary/aromatic N) is 2. The van der Waals surface area contributed by atoms with Crippen molar-refractivity contribution in [2.24, 2.45) is 5.73 Å². The quantitative estimate of drug-likeness (QED) is 0.112. The first-order chi connectivity index (χ1) is 23.2. The van der Waals surface area contributed by atoms with E-state index in [9.17, 15) is 18.8 Å². The van der Waals surface area contributed by atoms with E-state index in [1.807, 2.05) is 6.07 Å². The highest BCUT2D eigenvalue weighted by Gasteiger charge is 2.30. The Bertz CT molecular complexity index is 1760. The van der Waals surface area contributed by atoms with Crippen molar-refractivity contribution >= 4 is 42.9 Å². The molecule has 48 heavy (non-hydrogen) atoms. The van der Waals surface area contributed by atoms with E-state index in [-0.39, 0.29) is 37.8 Å². The van der Waals surface area contributed by atoms with Crippen molar-refractivity contribution in [3.05, 3.63) is 87.5 Å². The number of benzene rings is 2. The summed E-state index contributed by atoms with van der Waals surface area (Å²) in [5, 5.41) is 10.1. The lowest BCUT2D eigenvalue weighted by Gasteiger charge is -2.30. The van der Waals surface area contributed by atoms with E-state index >= 15 is 0 Å². The number of aromatic amines is 1. The Labute approximate surface area is 278 Å². The third-order valence-corrected chi connectivity index (χ3v) is 8.36. The lowest BCUT2D eigenvalue weighted by atomic mass is 9.99. The molecule has 2 fully saturated rings. The number of carbonyl (C=O) groups is 4. The molecule has 2 aliphatic rings. The smallest absolute Gasteiger partial charge is 0.243 e. The van der Waals surface area contributed by atoms with E-state index in [1.165, 1.54) is 12.3 Å². The van der Waals surface area contributed by atoms with E-state index in [4.69, 9.17) is 14.9 Å². The predicted molar refractivity (Wildman–Crippen MR) is 181 cm³/mol. The number of rotatable bonds is 10. The summed E-state index contributed by atoms with van der Waals surface area (Å²) in [6.45, 7) is 1.32. The Kier molecular flexibility index (Phi) is 12.5. The minimum Gasteiger partial charge on any atom is -0.481 e. The van der Waals surface area contributed by atoms with Crippen molar-refractivity contribution < 1.29 is 28.3 Å². The zero-order chi connectivity index (χ0) is 34.6. The molecular formula is C36H39FN6O5. The Hall–Kier alpha value is -5.38. The van der Waals surface area contributed by atoms with Crippen molar-refractivity contribution in [1.29, 1.82) is 5.41 Å². The van der Waals surface area contributed by atoms with Gasteiger partial charge in [-0.3, -0.25) is 34.3 Å². The zero-order valence-electron chi connectivity index (χ0n) is 26.9. The Balaban J connectivity index is 0.00000167. The first kappa shape index (κ1) is 35.5. The first-order valence-electron chi connectivity index (χ1n) is 15.5. The van der Waals surface area contributed by atoms with Crippen molar-refractivity contribution in [3.8, 4) is 17.6 Å². The van der Waals surface area contributed by atoms with Gasteiger partial charge < -0.3 is 20.9 Å². The van der Waals surface area contributed by atoms with Gasteiger partial charge in [0.1, 0.15) is 24.5 Å². The fraction of sp³-hybridized carbons (Fsp3) is 0.306. The number of ether oxygens (including phenoxy) is 1. The summed E-state index contributed by atoms with van der Waals surface area (Å²) in [5.74, 6) is 5.21. The molecule has 11 nitrogen and oxygen atoms in total. The second-order valence-corrected chi connectivity index (χ2v) is 11.5. The lowest BCUT2D eigenvalue weighted by Crippen LogP contribution is -2.51. The van der Waals surface area contributed by atoms with Gasteiger partial charge >= 0.3 is 0 Å². The van der Waals surface area contributed by atoms with Gasteiger partial charge in [0.25, 0.3) is 0 Å². The number of nitrogens with one attached hydrogen (secondary N) is 3. The minimum absolute atomic E-state index is 0.00801. The average molecular weight is 655 g/mol. The fourth-order valence-corrected chi connectivity index (χ4v) is 5.88. The molecule has 2 unspecified atom stereocenters. The molecule has 2 aromatic carbocycles. The largest absolute Gasteiger partial charge is 0.481 e.